The van der Waals surface area contributed by atoms with Gasteiger partial charge in [-0.2, -0.15) is 0 Å². The molecule has 1 saturated carbocycles. The van der Waals surface area contributed by atoms with Crippen molar-refractivity contribution in [3.05, 3.63) is 18.0 Å². The molecule has 2 rings (SSSR count). The fourth-order valence-electron chi connectivity index (χ4n) is 2.86. The van der Waals surface area contributed by atoms with Gasteiger partial charge in [-0.15, -0.1) is 0 Å². The third-order valence-electron chi connectivity index (χ3n) is 5.05. The second kappa shape index (κ2) is 5.67. The molecule has 0 saturated heterocycles. The number of aliphatic imine (C=N–C) groups is 1. The highest BCUT2D eigenvalue weighted by Gasteiger charge is 2.58. The highest BCUT2D eigenvalue weighted by molar-refractivity contribution is 5.80. The van der Waals surface area contributed by atoms with Gasteiger partial charge < -0.3 is 19.5 Å². The summed E-state index contributed by atoms with van der Waals surface area (Å²) in [6, 6.07) is 2.19. The zero-order valence-corrected chi connectivity index (χ0v) is 13.8. The molecule has 1 heterocycles. The maximum absolute atomic E-state index is 5.66. The predicted molar refractivity (Wildman–Crippen MR) is 82.1 cm³/mol. The van der Waals surface area contributed by atoms with E-state index in [4.69, 9.17) is 9.26 Å². The number of nitrogens with zero attached hydrogens (tertiary/aromatic N) is 3. The van der Waals surface area contributed by atoms with Crippen molar-refractivity contribution in [2.75, 3.05) is 21.2 Å². The summed E-state index contributed by atoms with van der Waals surface area (Å²) in [4.78, 5) is 6.40. The number of guanidine groups is 1. The first-order valence-corrected chi connectivity index (χ1v) is 7.23. The van der Waals surface area contributed by atoms with Gasteiger partial charge >= 0.3 is 0 Å². The third-order valence-corrected chi connectivity index (χ3v) is 5.05. The lowest BCUT2D eigenvalue weighted by atomic mass is 9.56. The van der Waals surface area contributed by atoms with Gasteiger partial charge in [-0.3, -0.25) is 4.99 Å². The van der Waals surface area contributed by atoms with Gasteiger partial charge in [0, 0.05) is 38.7 Å². The van der Waals surface area contributed by atoms with Crippen molar-refractivity contribution in [1.82, 2.24) is 15.4 Å². The van der Waals surface area contributed by atoms with Crippen LogP contribution in [0, 0.1) is 5.41 Å². The van der Waals surface area contributed by atoms with Crippen LogP contribution in [0.25, 0.3) is 0 Å². The summed E-state index contributed by atoms with van der Waals surface area (Å²) >= 11 is 0. The SMILES string of the molecule is CN=C(NC1CC(C)(OC)C1(C)C)N(C)Cc1ccon1. The first kappa shape index (κ1) is 15.8. The van der Waals surface area contributed by atoms with Crippen molar-refractivity contribution in [3.63, 3.8) is 0 Å². The average Bonchev–Trinajstić information content (AvgIpc) is 2.95. The standard InChI is InChI=1S/C15H26N4O2/c1-14(2)12(9-15(14,3)20-6)17-13(16-4)19(5)10-11-7-8-21-18-11/h7-8,12H,9-10H2,1-6H3,(H,16,17). The molecule has 1 aliphatic carbocycles. The molecule has 21 heavy (non-hydrogen) atoms. The summed E-state index contributed by atoms with van der Waals surface area (Å²) in [6.07, 6.45) is 2.55. The Bertz CT molecular complexity index is 498. The van der Waals surface area contributed by atoms with E-state index in [-0.39, 0.29) is 11.0 Å². The topological polar surface area (TPSA) is 62.9 Å². The second-order valence-electron chi connectivity index (χ2n) is 6.45. The molecule has 2 unspecified atom stereocenters. The third kappa shape index (κ3) is 2.77. The molecule has 1 N–H and O–H groups in total. The molecule has 118 valence electrons. The minimum Gasteiger partial charge on any atom is -0.378 e. The molecule has 0 spiro atoms. The van der Waals surface area contributed by atoms with Crippen molar-refractivity contribution < 1.29 is 9.26 Å². The van der Waals surface area contributed by atoms with E-state index in [1.807, 2.05) is 18.0 Å². The van der Waals surface area contributed by atoms with E-state index < -0.39 is 0 Å². The summed E-state index contributed by atoms with van der Waals surface area (Å²) in [5.41, 5.74) is 0.843. The number of ether oxygens (including phenoxy) is 1. The number of rotatable bonds is 4. The monoisotopic (exact) mass is 294 g/mol. The van der Waals surface area contributed by atoms with Gasteiger partial charge in [-0.25, -0.2) is 0 Å². The Morgan fingerprint density at radius 1 is 1.57 bits per heavy atom. The fraction of sp³-hybridized carbons (Fsp3) is 0.733. The van der Waals surface area contributed by atoms with Gasteiger partial charge in [0.15, 0.2) is 5.96 Å². The van der Waals surface area contributed by atoms with E-state index in [0.29, 0.717) is 12.6 Å². The Hall–Kier alpha value is -1.56. The first-order valence-electron chi connectivity index (χ1n) is 7.23. The predicted octanol–water partition coefficient (Wildman–Crippen LogP) is 1.89. The number of hydrogen-bond donors (Lipinski definition) is 1. The van der Waals surface area contributed by atoms with E-state index in [1.54, 1.807) is 20.4 Å². The van der Waals surface area contributed by atoms with Crippen LogP contribution in [0.15, 0.2) is 21.8 Å². The maximum atomic E-state index is 5.66. The lowest BCUT2D eigenvalue weighted by Gasteiger charge is -2.59. The van der Waals surface area contributed by atoms with E-state index >= 15 is 0 Å². The highest BCUT2D eigenvalue weighted by atomic mass is 16.5. The summed E-state index contributed by atoms with van der Waals surface area (Å²) in [6.45, 7) is 7.27. The Kier molecular flexibility index (Phi) is 4.27. The Balaban J connectivity index is 1.98. The second-order valence-corrected chi connectivity index (χ2v) is 6.45. The molecule has 0 aromatic carbocycles. The highest BCUT2D eigenvalue weighted by Crippen LogP contribution is 2.51. The van der Waals surface area contributed by atoms with Crippen molar-refractivity contribution >= 4 is 5.96 Å². The van der Waals surface area contributed by atoms with Gasteiger partial charge in [0.2, 0.25) is 0 Å². The molecule has 6 heteroatoms. The molecule has 1 aromatic rings. The molecule has 0 bridgehead atoms. The number of methoxy groups -OCH3 is 1. The molecule has 0 amide bonds. The largest absolute Gasteiger partial charge is 0.378 e. The van der Waals surface area contributed by atoms with Crippen LogP contribution < -0.4 is 5.32 Å². The average molecular weight is 294 g/mol. The number of aromatic nitrogens is 1. The van der Waals surface area contributed by atoms with Crippen LogP contribution in [0.5, 0.6) is 0 Å². The zero-order valence-electron chi connectivity index (χ0n) is 13.8. The molecule has 2 atom stereocenters. The van der Waals surface area contributed by atoms with Crippen LogP contribution in [0.1, 0.15) is 32.9 Å². The van der Waals surface area contributed by atoms with Crippen molar-refractivity contribution in [3.8, 4) is 0 Å². The van der Waals surface area contributed by atoms with E-state index in [1.165, 1.54) is 0 Å². The van der Waals surface area contributed by atoms with Gasteiger partial charge in [-0.05, 0) is 13.3 Å². The van der Waals surface area contributed by atoms with Gasteiger partial charge in [0.25, 0.3) is 0 Å². The minimum absolute atomic E-state index is 0.0480. The Morgan fingerprint density at radius 2 is 2.29 bits per heavy atom. The number of nitrogens with one attached hydrogen (secondary N) is 1. The van der Waals surface area contributed by atoms with Crippen LogP contribution in [0.2, 0.25) is 0 Å². The van der Waals surface area contributed by atoms with E-state index in [9.17, 15) is 0 Å². The first-order chi connectivity index (χ1) is 9.84. The molecule has 1 fully saturated rings. The molecular formula is C15H26N4O2. The van der Waals surface area contributed by atoms with E-state index in [2.05, 4.69) is 36.2 Å². The van der Waals surface area contributed by atoms with E-state index in [0.717, 1.165) is 18.1 Å². The lowest BCUT2D eigenvalue weighted by Crippen LogP contribution is -2.69. The van der Waals surface area contributed by atoms with Crippen LogP contribution >= 0.6 is 0 Å². The summed E-state index contributed by atoms with van der Waals surface area (Å²) in [5.74, 6) is 0.856. The summed E-state index contributed by atoms with van der Waals surface area (Å²) in [7, 11) is 5.57. The maximum Gasteiger partial charge on any atom is 0.193 e. The van der Waals surface area contributed by atoms with Gasteiger partial charge in [0.1, 0.15) is 12.0 Å². The molecule has 0 aliphatic heterocycles. The molecular weight excluding hydrogens is 268 g/mol. The van der Waals surface area contributed by atoms with Crippen LogP contribution in [0.3, 0.4) is 0 Å². The van der Waals surface area contributed by atoms with Crippen molar-refractivity contribution in [2.45, 2.75) is 45.4 Å². The van der Waals surface area contributed by atoms with Gasteiger partial charge in [0.05, 0.1) is 12.1 Å². The Labute approximate surface area is 126 Å². The van der Waals surface area contributed by atoms with Crippen LogP contribution in [-0.2, 0) is 11.3 Å². The lowest BCUT2D eigenvalue weighted by molar-refractivity contribution is -0.176. The smallest absolute Gasteiger partial charge is 0.193 e. The minimum atomic E-state index is -0.0891. The molecule has 1 aromatic heterocycles. The normalized spacial score (nSPS) is 28.1. The summed E-state index contributed by atoms with van der Waals surface area (Å²) < 4.78 is 10.5. The van der Waals surface area contributed by atoms with Crippen LogP contribution in [0.4, 0.5) is 0 Å². The fourth-order valence-corrected chi connectivity index (χ4v) is 2.86. The molecule has 6 nitrogen and oxygen atoms in total. The number of hydrogen-bond acceptors (Lipinski definition) is 4. The molecule has 0 radical (unpaired) electrons. The van der Waals surface area contributed by atoms with Crippen molar-refractivity contribution in [1.29, 1.82) is 0 Å². The van der Waals surface area contributed by atoms with Crippen LogP contribution in [-0.4, -0.2) is 48.9 Å². The molecule has 1 aliphatic rings. The Morgan fingerprint density at radius 3 is 2.76 bits per heavy atom. The van der Waals surface area contributed by atoms with Crippen molar-refractivity contribution in [2.24, 2.45) is 10.4 Å². The quantitative estimate of drug-likeness (QED) is 0.678. The summed E-state index contributed by atoms with van der Waals surface area (Å²) in [5, 5.41) is 7.46. The zero-order chi connectivity index (χ0) is 15.7. The van der Waals surface area contributed by atoms with Gasteiger partial charge in [-0.1, -0.05) is 19.0 Å².